The van der Waals surface area contributed by atoms with Crippen LogP contribution in [0.5, 0.6) is 0 Å². The van der Waals surface area contributed by atoms with E-state index >= 15 is 0 Å². The van der Waals surface area contributed by atoms with Crippen LogP contribution in [-0.4, -0.2) is 17.1 Å². The van der Waals surface area contributed by atoms with Crippen LogP contribution in [0.1, 0.15) is 24.1 Å². The number of carboxylic acid groups (broad SMARTS) is 1. The van der Waals surface area contributed by atoms with E-state index in [1.54, 1.807) is 0 Å². The van der Waals surface area contributed by atoms with Crippen LogP contribution in [0.25, 0.3) is 0 Å². The summed E-state index contributed by atoms with van der Waals surface area (Å²) in [5.74, 6) is -0.772. The number of carbonyl (C=O) groups is 1. The molecule has 0 amide bonds. The highest BCUT2D eigenvalue weighted by molar-refractivity contribution is 5.74. The fourth-order valence-corrected chi connectivity index (χ4v) is 1.97. The fourth-order valence-electron chi connectivity index (χ4n) is 1.97. The van der Waals surface area contributed by atoms with E-state index in [1.165, 1.54) is 5.56 Å². The number of hydrogen-bond donors (Lipinski definition) is 2. The Kier molecular flexibility index (Phi) is 2.25. The lowest BCUT2D eigenvalue weighted by atomic mass is 9.91. The molecule has 1 aliphatic heterocycles. The molecule has 0 aromatic heterocycles. The highest BCUT2D eigenvalue weighted by atomic mass is 16.4. The molecular weight excluding hydrogens is 178 g/mol. The van der Waals surface area contributed by atoms with E-state index in [4.69, 9.17) is 5.11 Å². The summed E-state index contributed by atoms with van der Waals surface area (Å²) in [6, 6.07) is 7.67. The van der Waals surface area contributed by atoms with Crippen molar-refractivity contribution in [2.45, 2.75) is 25.4 Å². The van der Waals surface area contributed by atoms with Crippen molar-refractivity contribution in [3.05, 3.63) is 35.4 Å². The van der Waals surface area contributed by atoms with Crippen molar-refractivity contribution in [1.29, 1.82) is 0 Å². The number of aliphatic carboxylic acids is 1. The molecule has 2 N–H and O–H groups in total. The van der Waals surface area contributed by atoms with Crippen LogP contribution in [-0.2, 0) is 11.2 Å². The van der Waals surface area contributed by atoms with E-state index in [9.17, 15) is 4.79 Å². The zero-order chi connectivity index (χ0) is 10.1. The van der Waals surface area contributed by atoms with Gasteiger partial charge in [-0.15, -0.1) is 0 Å². The van der Waals surface area contributed by atoms with Gasteiger partial charge in [0.25, 0.3) is 0 Å². The summed E-state index contributed by atoms with van der Waals surface area (Å²) in [4.78, 5) is 10.8. The third-order valence-electron chi connectivity index (χ3n) is 2.69. The molecular formula is C11H13NO2. The molecule has 3 heteroatoms. The number of hydrogen-bond acceptors (Lipinski definition) is 2. The predicted octanol–water partition coefficient (Wildman–Crippen LogP) is 1.35. The van der Waals surface area contributed by atoms with Crippen LogP contribution in [0.4, 0.5) is 0 Å². The van der Waals surface area contributed by atoms with Crippen molar-refractivity contribution >= 4 is 5.97 Å². The lowest BCUT2D eigenvalue weighted by Gasteiger charge is -2.28. The largest absolute Gasteiger partial charge is 0.480 e. The van der Waals surface area contributed by atoms with Gasteiger partial charge in [0, 0.05) is 6.04 Å². The molecule has 0 saturated heterocycles. The summed E-state index contributed by atoms with van der Waals surface area (Å²) in [7, 11) is 0. The average Bonchev–Trinajstić information content (AvgIpc) is 2.17. The van der Waals surface area contributed by atoms with Gasteiger partial charge in [-0.3, -0.25) is 10.1 Å². The molecule has 2 atom stereocenters. The monoisotopic (exact) mass is 191 g/mol. The molecule has 2 rings (SSSR count). The van der Waals surface area contributed by atoms with E-state index in [-0.39, 0.29) is 6.04 Å². The SMILES string of the molecule is CC1NC(C(=O)O)Cc2ccccc21. The third kappa shape index (κ3) is 1.51. The highest BCUT2D eigenvalue weighted by Gasteiger charge is 2.27. The van der Waals surface area contributed by atoms with Gasteiger partial charge in [0.15, 0.2) is 0 Å². The molecule has 0 radical (unpaired) electrons. The van der Waals surface area contributed by atoms with E-state index in [1.807, 2.05) is 31.2 Å². The van der Waals surface area contributed by atoms with Gasteiger partial charge in [-0.2, -0.15) is 0 Å². The van der Waals surface area contributed by atoms with Crippen molar-refractivity contribution in [3.63, 3.8) is 0 Å². The molecule has 0 bridgehead atoms. The minimum Gasteiger partial charge on any atom is -0.480 e. The minimum absolute atomic E-state index is 0.126. The quantitative estimate of drug-likeness (QED) is 0.704. The molecule has 1 aromatic carbocycles. The van der Waals surface area contributed by atoms with Crippen molar-refractivity contribution in [3.8, 4) is 0 Å². The number of carboxylic acids is 1. The van der Waals surface area contributed by atoms with Gasteiger partial charge in [0.05, 0.1) is 0 Å². The summed E-state index contributed by atoms with van der Waals surface area (Å²) < 4.78 is 0. The van der Waals surface area contributed by atoms with Gasteiger partial charge in [-0.1, -0.05) is 24.3 Å². The Hall–Kier alpha value is -1.35. The van der Waals surface area contributed by atoms with Crippen molar-refractivity contribution in [1.82, 2.24) is 5.32 Å². The molecule has 1 heterocycles. The topological polar surface area (TPSA) is 49.3 Å². The molecule has 0 spiro atoms. The van der Waals surface area contributed by atoms with Gasteiger partial charge < -0.3 is 5.11 Å². The molecule has 1 aromatic rings. The van der Waals surface area contributed by atoms with Crippen LogP contribution in [0, 0.1) is 0 Å². The number of benzene rings is 1. The Balaban J connectivity index is 2.33. The van der Waals surface area contributed by atoms with Gasteiger partial charge in [0.1, 0.15) is 6.04 Å². The Morgan fingerprint density at radius 3 is 2.93 bits per heavy atom. The van der Waals surface area contributed by atoms with Crippen LogP contribution in [0.3, 0.4) is 0 Å². The van der Waals surface area contributed by atoms with Gasteiger partial charge in [-0.05, 0) is 24.5 Å². The summed E-state index contributed by atoms with van der Waals surface area (Å²) in [5.41, 5.74) is 2.36. The Labute approximate surface area is 82.8 Å². The Morgan fingerprint density at radius 1 is 1.50 bits per heavy atom. The van der Waals surface area contributed by atoms with Crippen LogP contribution in [0.15, 0.2) is 24.3 Å². The first-order chi connectivity index (χ1) is 6.68. The van der Waals surface area contributed by atoms with Crippen molar-refractivity contribution in [2.75, 3.05) is 0 Å². The number of fused-ring (bicyclic) bond motifs is 1. The maximum Gasteiger partial charge on any atom is 0.321 e. The summed E-state index contributed by atoms with van der Waals surface area (Å²) in [5, 5.41) is 12.0. The molecule has 14 heavy (non-hydrogen) atoms. The smallest absolute Gasteiger partial charge is 0.321 e. The van der Waals surface area contributed by atoms with Gasteiger partial charge >= 0.3 is 5.97 Å². The molecule has 1 aliphatic rings. The standard InChI is InChI=1S/C11H13NO2/c1-7-9-5-3-2-4-8(9)6-10(12-7)11(13)14/h2-5,7,10,12H,6H2,1H3,(H,13,14). The lowest BCUT2D eigenvalue weighted by Crippen LogP contribution is -2.43. The first kappa shape index (κ1) is 9.21. The second kappa shape index (κ2) is 3.42. The van der Waals surface area contributed by atoms with E-state index in [0.717, 1.165) is 5.56 Å². The van der Waals surface area contributed by atoms with Crippen molar-refractivity contribution in [2.24, 2.45) is 0 Å². The van der Waals surface area contributed by atoms with E-state index < -0.39 is 12.0 Å². The van der Waals surface area contributed by atoms with Crippen molar-refractivity contribution < 1.29 is 9.90 Å². The van der Waals surface area contributed by atoms with Gasteiger partial charge in [0.2, 0.25) is 0 Å². The molecule has 2 unspecified atom stereocenters. The lowest BCUT2D eigenvalue weighted by molar-refractivity contribution is -0.139. The average molecular weight is 191 g/mol. The number of nitrogens with one attached hydrogen (secondary N) is 1. The fraction of sp³-hybridized carbons (Fsp3) is 0.364. The first-order valence-corrected chi connectivity index (χ1v) is 4.75. The Morgan fingerprint density at radius 2 is 2.21 bits per heavy atom. The zero-order valence-corrected chi connectivity index (χ0v) is 8.03. The van der Waals surface area contributed by atoms with Gasteiger partial charge in [-0.25, -0.2) is 0 Å². The van der Waals surface area contributed by atoms with E-state index in [2.05, 4.69) is 5.32 Å². The summed E-state index contributed by atoms with van der Waals surface area (Å²) >= 11 is 0. The number of rotatable bonds is 1. The summed E-state index contributed by atoms with van der Waals surface area (Å²) in [6.45, 7) is 1.99. The normalized spacial score (nSPS) is 25.5. The third-order valence-corrected chi connectivity index (χ3v) is 2.69. The van der Waals surface area contributed by atoms with Crippen LogP contribution >= 0.6 is 0 Å². The zero-order valence-electron chi connectivity index (χ0n) is 8.03. The van der Waals surface area contributed by atoms with E-state index in [0.29, 0.717) is 6.42 Å². The first-order valence-electron chi connectivity index (χ1n) is 4.75. The molecule has 0 saturated carbocycles. The van der Waals surface area contributed by atoms with Crippen LogP contribution < -0.4 is 5.32 Å². The maximum absolute atomic E-state index is 10.8. The maximum atomic E-state index is 10.8. The molecule has 0 aliphatic carbocycles. The second-order valence-corrected chi connectivity index (χ2v) is 3.68. The summed E-state index contributed by atoms with van der Waals surface area (Å²) in [6.07, 6.45) is 0.579. The second-order valence-electron chi connectivity index (χ2n) is 3.68. The molecule has 0 fully saturated rings. The van der Waals surface area contributed by atoms with Crippen LogP contribution in [0.2, 0.25) is 0 Å². The molecule has 74 valence electrons. The predicted molar refractivity (Wildman–Crippen MR) is 53.1 cm³/mol. The molecule has 3 nitrogen and oxygen atoms in total. The highest BCUT2D eigenvalue weighted by Crippen LogP contribution is 2.24. The Bertz CT molecular complexity index is 362. The minimum atomic E-state index is -0.772.